The summed E-state index contributed by atoms with van der Waals surface area (Å²) in [5.74, 6) is -0.634. The van der Waals surface area contributed by atoms with Gasteiger partial charge in [-0.3, -0.25) is 4.79 Å². The molecule has 1 saturated carbocycles. The molecule has 1 atom stereocenters. The topological polar surface area (TPSA) is 92.9 Å². The lowest BCUT2D eigenvalue weighted by atomic mass is 9.71. The molecular formula is C24H30N2O4. The van der Waals surface area contributed by atoms with Gasteiger partial charge in [0.1, 0.15) is 6.10 Å². The highest BCUT2D eigenvalue weighted by Gasteiger charge is 2.45. The van der Waals surface area contributed by atoms with Gasteiger partial charge in [-0.2, -0.15) is 0 Å². The average Bonchev–Trinajstić information content (AvgIpc) is 2.74. The molecule has 30 heavy (non-hydrogen) atoms. The quantitative estimate of drug-likeness (QED) is 0.804. The van der Waals surface area contributed by atoms with Crippen molar-refractivity contribution in [1.29, 1.82) is 0 Å². The number of aliphatic hydroxyl groups is 1. The highest BCUT2D eigenvalue weighted by Crippen LogP contribution is 2.43. The fraction of sp³-hybridized carbons (Fsp3) is 0.500. The maximum absolute atomic E-state index is 13.8. The van der Waals surface area contributed by atoms with Crippen LogP contribution in [0.3, 0.4) is 0 Å². The first-order chi connectivity index (χ1) is 14.5. The standard InChI is InChI=1S/C24H30N2O4/c25-23(28)30-18-11-15-26(16-12-18)22(27)21(24(29)13-4-1-5-14-24)20-10-6-8-17-7-2-3-9-19(17)20/h2-3,6-10,18,21,29H,1,4-5,11-16H2,(H2,25,28). The van der Waals surface area contributed by atoms with Crippen molar-refractivity contribution in [2.45, 2.75) is 62.6 Å². The monoisotopic (exact) mass is 410 g/mol. The third-order valence-corrected chi connectivity index (χ3v) is 6.67. The second-order valence-electron chi connectivity index (χ2n) is 8.63. The van der Waals surface area contributed by atoms with E-state index in [0.29, 0.717) is 38.8 Å². The van der Waals surface area contributed by atoms with Crippen LogP contribution < -0.4 is 5.73 Å². The summed E-state index contributed by atoms with van der Waals surface area (Å²) in [6.07, 6.45) is 4.32. The van der Waals surface area contributed by atoms with Gasteiger partial charge in [-0.15, -0.1) is 0 Å². The van der Waals surface area contributed by atoms with Crippen molar-refractivity contribution in [3.05, 3.63) is 48.0 Å². The van der Waals surface area contributed by atoms with E-state index >= 15 is 0 Å². The molecule has 1 aliphatic carbocycles. The molecule has 1 unspecified atom stereocenters. The Morgan fingerprint density at radius 2 is 1.70 bits per heavy atom. The first kappa shape index (κ1) is 20.7. The van der Waals surface area contributed by atoms with Crippen LogP contribution in [-0.2, 0) is 9.53 Å². The molecule has 0 aromatic heterocycles. The molecule has 6 nitrogen and oxygen atoms in total. The maximum Gasteiger partial charge on any atom is 0.404 e. The molecule has 2 aromatic rings. The molecule has 2 aromatic carbocycles. The number of benzene rings is 2. The smallest absolute Gasteiger partial charge is 0.404 e. The van der Waals surface area contributed by atoms with E-state index < -0.39 is 17.6 Å². The lowest BCUT2D eigenvalue weighted by Crippen LogP contribution is -2.50. The summed E-state index contributed by atoms with van der Waals surface area (Å²) in [6, 6.07) is 14.0. The molecule has 2 aliphatic rings. The number of nitrogens with two attached hydrogens (primary N) is 1. The normalized spacial score (nSPS) is 20.6. The van der Waals surface area contributed by atoms with Crippen LogP contribution in [0.4, 0.5) is 4.79 Å². The fourth-order valence-corrected chi connectivity index (χ4v) is 5.15. The lowest BCUT2D eigenvalue weighted by molar-refractivity contribution is -0.143. The minimum absolute atomic E-state index is 0.0340. The van der Waals surface area contributed by atoms with E-state index in [9.17, 15) is 14.7 Å². The van der Waals surface area contributed by atoms with Crippen molar-refractivity contribution in [1.82, 2.24) is 4.90 Å². The molecule has 3 N–H and O–H groups in total. The van der Waals surface area contributed by atoms with Gasteiger partial charge >= 0.3 is 6.09 Å². The summed E-state index contributed by atoms with van der Waals surface area (Å²) in [7, 11) is 0. The minimum atomic E-state index is -1.04. The second-order valence-corrected chi connectivity index (χ2v) is 8.63. The number of ether oxygens (including phenoxy) is 1. The zero-order valence-electron chi connectivity index (χ0n) is 17.3. The van der Waals surface area contributed by atoms with Gasteiger partial charge in [-0.05, 0) is 29.2 Å². The number of amides is 2. The number of carbonyl (C=O) groups excluding carboxylic acids is 2. The van der Waals surface area contributed by atoms with Crippen LogP contribution in [0.1, 0.15) is 56.4 Å². The zero-order valence-corrected chi connectivity index (χ0v) is 17.3. The van der Waals surface area contributed by atoms with Gasteiger partial charge in [0.05, 0.1) is 11.5 Å². The van der Waals surface area contributed by atoms with Crippen LogP contribution in [0.25, 0.3) is 10.8 Å². The summed E-state index contributed by atoms with van der Waals surface area (Å²) in [6.45, 7) is 0.988. The Bertz CT molecular complexity index is 909. The van der Waals surface area contributed by atoms with Crippen LogP contribution in [0.5, 0.6) is 0 Å². The highest BCUT2D eigenvalue weighted by molar-refractivity contribution is 5.94. The van der Waals surface area contributed by atoms with E-state index in [1.807, 2.05) is 47.4 Å². The number of primary amides is 1. The molecule has 1 saturated heterocycles. The van der Waals surface area contributed by atoms with E-state index in [0.717, 1.165) is 35.6 Å². The maximum atomic E-state index is 13.8. The van der Waals surface area contributed by atoms with E-state index in [2.05, 4.69) is 0 Å². The number of rotatable bonds is 4. The Balaban J connectivity index is 1.66. The third kappa shape index (κ3) is 4.15. The molecule has 0 bridgehead atoms. The second kappa shape index (κ2) is 8.64. The molecular weight excluding hydrogens is 380 g/mol. The van der Waals surface area contributed by atoms with E-state index in [1.54, 1.807) is 0 Å². The molecule has 0 spiro atoms. The van der Waals surface area contributed by atoms with Crippen LogP contribution in [0.15, 0.2) is 42.5 Å². The Morgan fingerprint density at radius 1 is 1.03 bits per heavy atom. The van der Waals surface area contributed by atoms with E-state index in [1.165, 1.54) is 0 Å². The predicted molar refractivity (Wildman–Crippen MR) is 115 cm³/mol. The number of hydrogen-bond acceptors (Lipinski definition) is 4. The number of hydrogen-bond donors (Lipinski definition) is 2. The summed E-state index contributed by atoms with van der Waals surface area (Å²) in [4.78, 5) is 26.7. The van der Waals surface area contributed by atoms with Crippen LogP contribution in [-0.4, -0.2) is 46.8 Å². The van der Waals surface area contributed by atoms with Gasteiger partial charge in [-0.25, -0.2) is 4.79 Å². The van der Waals surface area contributed by atoms with Gasteiger partial charge in [0.15, 0.2) is 0 Å². The lowest BCUT2D eigenvalue weighted by Gasteiger charge is -2.42. The van der Waals surface area contributed by atoms with E-state index in [4.69, 9.17) is 10.5 Å². The summed E-state index contributed by atoms with van der Waals surface area (Å²) < 4.78 is 5.11. The first-order valence-electron chi connectivity index (χ1n) is 10.9. The first-order valence-corrected chi connectivity index (χ1v) is 10.9. The van der Waals surface area contributed by atoms with Gasteiger partial charge in [0.25, 0.3) is 0 Å². The van der Waals surface area contributed by atoms with Crippen LogP contribution >= 0.6 is 0 Å². The van der Waals surface area contributed by atoms with Crippen LogP contribution in [0.2, 0.25) is 0 Å². The zero-order chi connectivity index (χ0) is 21.1. The van der Waals surface area contributed by atoms with Crippen molar-refractivity contribution in [3.8, 4) is 0 Å². The van der Waals surface area contributed by atoms with Gasteiger partial charge in [0, 0.05) is 25.9 Å². The largest absolute Gasteiger partial charge is 0.446 e. The van der Waals surface area contributed by atoms with Gasteiger partial charge in [-0.1, -0.05) is 61.7 Å². The van der Waals surface area contributed by atoms with Crippen molar-refractivity contribution in [3.63, 3.8) is 0 Å². The average molecular weight is 411 g/mol. The highest BCUT2D eigenvalue weighted by atomic mass is 16.6. The Labute approximate surface area is 177 Å². The molecule has 1 aliphatic heterocycles. The summed E-state index contributed by atoms with van der Waals surface area (Å²) >= 11 is 0. The summed E-state index contributed by atoms with van der Waals surface area (Å²) in [5, 5.41) is 13.8. The number of nitrogens with zero attached hydrogens (tertiary/aromatic N) is 1. The molecule has 2 amide bonds. The third-order valence-electron chi connectivity index (χ3n) is 6.67. The van der Waals surface area contributed by atoms with Crippen molar-refractivity contribution in [2.24, 2.45) is 5.73 Å². The number of carbonyl (C=O) groups is 2. The Kier molecular flexibility index (Phi) is 5.95. The number of likely N-dealkylation sites (tertiary alicyclic amines) is 1. The predicted octanol–water partition coefficient (Wildman–Crippen LogP) is 3.70. The fourth-order valence-electron chi connectivity index (χ4n) is 5.15. The van der Waals surface area contributed by atoms with Crippen molar-refractivity contribution in [2.75, 3.05) is 13.1 Å². The molecule has 6 heteroatoms. The van der Waals surface area contributed by atoms with Crippen molar-refractivity contribution >= 4 is 22.8 Å². The Morgan fingerprint density at radius 3 is 2.40 bits per heavy atom. The van der Waals surface area contributed by atoms with Crippen LogP contribution in [0, 0.1) is 0 Å². The number of fused-ring (bicyclic) bond motifs is 1. The molecule has 4 rings (SSSR count). The SMILES string of the molecule is NC(=O)OC1CCN(C(=O)C(c2cccc3ccccc23)C2(O)CCCCC2)CC1. The van der Waals surface area contributed by atoms with Crippen molar-refractivity contribution < 1.29 is 19.4 Å². The Hall–Kier alpha value is -2.60. The number of piperidine rings is 1. The molecule has 1 heterocycles. The van der Waals surface area contributed by atoms with E-state index in [-0.39, 0.29) is 12.0 Å². The molecule has 2 fully saturated rings. The minimum Gasteiger partial charge on any atom is -0.446 e. The molecule has 0 radical (unpaired) electrons. The molecule has 160 valence electrons. The van der Waals surface area contributed by atoms with Gasteiger partial charge < -0.3 is 20.5 Å². The van der Waals surface area contributed by atoms with Gasteiger partial charge in [0.2, 0.25) is 5.91 Å². The summed E-state index contributed by atoms with van der Waals surface area (Å²) in [5.41, 5.74) is 4.99.